The SMILES string of the molecule is O[C@H](CCC1CCCCC1)[C@@H](OCc1ccccc1)[C@@H](COCc1ccccc1)OCc1ccccc1. The van der Waals surface area contributed by atoms with E-state index in [4.69, 9.17) is 14.2 Å². The largest absolute Gasteiger partial charge is 0.390 e. The van der Waals surface area contributed by atoms with Gasteiger partial charge in [0.2, 0.25) is 0 Å². The van der Waals surface area contributed by atoms with Crippen LogP contribution in [0.15, 0.2) is 91.0 Å². The highest BCUT2D eigenvalue weighted by atomic mass is 16.6. The average molecular weight is 503 g/mol. The molecule has 0 radical (unpaired) electrons. The van der Waals surface area contributed by atoms with E-state index in [1.165, 1.54) is 32.1 Å². The zero-order chi connectivity index (χ0) is 25.5. The normalized spacial score (nSPS) is 16.8. The van der Waals surface area contributed by atoms with Crippen LogP contribution in [0.3, 0.4) is 0 Å². The Morgan fingerprint density at radius 2 is 1.16 bits per heavy atom. The van der Waals surface area contributed by atoms with Crippen molar-refractivity contribution in [2.24, 2.45) is 5.92 Å². The van der Waals surface area contributed by atoms with E-state index in [2.05, 4.69) is 36.4 Å². The molecule has 0 aliphatic heterocycles. The molecule has 4 nitrogen and oxygen atoms in total. The second-order valence-electron chi connectivity index (χ2n) is 10.2. The second kappa shape index (κ2) is 15.7. The molecule has 3 aromatic carbocycles. The van der Waals surface area contributed by atoms with Gasteiger partial charge in [0.1, 0.15) is 12.2 Å². The summed E-state index contributed by atoms with van der Waals surface area (Å²) in [5.41, 5.74) is 3.29. The summed E-state index contributed by atoms with van der Waals surface area (Å²) in [5.74, 6) is 0.705. The van der Waals surface area contributed by atoms with Gasteiger partial charge in [-0.05, 0) is 35.4 Å². The van der Waals surface area contributed by atoms with Crippen molar-refractivity contribution in [2.75, 3.05) is 6.61 Å². The Balaban J connectivity index is 1.44. The molecule has 4 heteroatoms. The number of benzene rings is 3. The van der Waals surface area contributed by atoms with Crippen LogP contribution in [-0.4, -0.2) is 30.0 Å². The molecule has 4 rings (SSSR count). The highest BCUT2D eigenvalue weighted by Crippen LogP contribution is 2.29. The molecule has 0 bridgehead atoms. The summed E-state index contributed by atoms with van der Waals surface area (Å²) >= 11 is 0. The van der Waals surface area contributed by atoms with Crippen molar-refractivity contribution >= 4 is 0 Å². The third kappa shape index (κ3) is 9.71. The first-order chi connectivity index (χ1) is 18.3. The number of aliphatic hydroxyl groups excluding tert-OH is 1. The van der Waals surface area contributed by atoms with Crippen LogP contribution in [0, 0.1) is 5.92 Å². The maximum Gasteiger partial charge on any atom is 0.112 e. The third-order valence-corrected chi connectivity index (χ3v) is 7.33. The summed E-state index contributed by atoms with van der Waals surface area (Å²) in [5, 5.41) is 11.4. The Morgan fingerprint density at radius 3 is 1.73 bits per heavy atom. The van der Waals surface area contributed by atoms with E-state index in [1.54, 1.807) is 0 Å². The van der Waals surface area contributed by atoms with Crippen LogP contribution in [0.2, 0.25) is 0 Å². The molecule has 37 heavy (non-hydrogen) atoms. The summed E-state index contributed by atoms with van der Waals surface area (Å²) in [6.45, 7) is 1.72. The highest BCUT2D eigenvalue weighted by molar-refractivity contribution is 5.15. The van der Waals surface area contributed by atoms with Crippen LogP contribution >= 0.6 is 0 Å². The lowest BCUT2D eigenvalue weighted by Crippen LogP contribution is -2.44. The van der Waals surface area contributed by atoms with Gasteiger partial charge in [-0.15, -0.1) is 0 Å². The Bertz CT molecular complexity index is 973. The Morgan fingerprint density at radius 1 is 0.649 bits per heavy atom. The van der Waals surface area contributed by atoms with Crippen LogP contribution in [0.1, 0.15) is 61.6 Å². The van der Waals surface area contributed by atoms with E-state index in [1.807, 2.05) is 54.6 Å². The molecular weight excluding hydrogens is 460 g/mol. The molecule has 3 aromatic rings. The van der Waals surface area contributed by atoms with Gasteiger partial charge in [-0.25, -0.2) is 0 Å². The lowest BCUT2D eigenvalue weighted by Gasteiger charge is -2.32. The molecule has 3 atom stereocenters. The first kappa shape index (κ1) is 27.5. The molecule has 0 unspecified atom stereocenters. The van der Waals surface area contributed by atoms with Crippen LogP contribution in [0.5, 0.6) is 0 Å². The van der Waals surface area contributed by atoms with Gasteiger partial charge in [-0.3, -0.25) is 0 Å². The first-order valence-electron chi connectivity index (χ1n) is 13.9. The molecule has 1 aliphatic rings. The fraction of sp³-hybridized carbons (Fsp3) is 0.455. The molecular formula is C33H42O4. The van der Waals surface area contributed by atoms with Crippen molar-refractivity contribution < 1.29 is 19.3 Å². The van der Waals surface area contributed by atoms with Gasteiger partial charge in [0.25, 0.3) is 0 Å². The molecule has 1 fully saturated rings. The molecule has 0 heterocycles. The molecule has 0 saturated heterocycles. The zero-order valence-corrected chi connectivity index (χ0v) is 21.9. The summed E-state index contributed by atoms with van der Waals surface area (Å²) < 4.78 is 19.0. The third-order valence-electron chi connectivity index (χ3n) is 7.33. The molecule has 0 amide bonds. The Kier molecular flexibility index (Phi) is 11.7. The quantitative estimate of drug-likeness (QED) is 0.241. The smallest absolute Gasteiger partial charge is 0.112 e. The van der Waals surface area contributed by atoms with E-state index in [0.717, 1.165) is 23.1 Å². The lowest BCUT2D eigenvalue weighted by molar-refractivity contribution is -0.154. The van der Waals surface area contributed by atoms with E-state index >= 15 is 0 Å². The summed E-state index contributed by atoms with van der Waals surface area (Å²) in [4.78, 5) is 0. The maximum atomic E-state index is 11.4. The van der Waals surface area contributed by atoms with Crippen molar-refractivity contribution in [3.8, 4) is 0 Å². The highest BCUT2D eigenvalue weighted by Gasteiger charge is 2.31. The Hall–Kier alpha value is -2.50. The topological polar surface area (TPSA) is 47.9 Å². The molecule has 0 aromatic heterocycles. The van der Waals surface area contributed by atoms with E-state index in [0.29, 0.717) is 38.8 Å². The number of ether oxygens (including phenoxy) is 3. The monoisotopic (exact) mass is 502 g/mol. The fourth-order valence-electron chi connectivity index (χ4n) is 5.16. The van der Waals surface area contributed by atoms with Gasteiger partial charge in [0.15, 0.2) is 0 Å². The molecule has 1 aliphatic carbocycles. The molecule has 1 saturated carbocycles. The van der Waals surface area contributed by atoms with E-state index in [-0.39, 0.29) is 0 Å². The predicted molar refractivity (Wildman–Crippen MR) is 148 cm³/mol. The van der Waals surface area contributed by atoms with E-state index < -0.39 is 18.3 Å². The van der Waals surface area contributed by atoms with Gasteiger partial charge >= 0.3 is 0 Å². The van der Waals surface area contributed by atoms with Crippen LogP contribution < -0.4 is 0 Å². The van der Waals surface area contributed by atoms with Crippen molar-refractivity contribution in [1.82, 2.24) is 0 Å². The standard InChI is InChI=1S/C33H42O4/c34-31(22-21-27-13-5-1-6-14-27)33(37-25-30-19-11-4-12-20-30)32(36-24-29-17-9-3-10-18-29)26-35-23-28-15-7-2-8-16-28/h2-4,7-12,15-20,27,31-34H,1,5-6,13-14,21-26H2/t31-,32-,33-/m1/s1. The minimum absolute atomic E-state index is 0.349. The van der Waals surface area contributed by atoms with Gasteiger partial charge < -0.3 is 19.3 Å². The van der Waals surface area contributed by atoms with Crippen molar-refractivity contribution in [2.45, 2.75) is 83.1 Å². The second-order valence-corrected chi connectivity index (χ2v) is 10.2. The van der Waals surface area contributed by atoms with Crippen molar-refractivity contribution in [3.05, 3.63) is 108 Å². The molecule has 1 N–H and O–H groups in total. The maximum absolute atomic E-state index is 11.4. The first-order valence-corrected chi connectivity index (χ1v) is 13.9. The van der Waals surface area contributed by atoms with Crippen molar-refractivity contribution in [1.29, 1.82) is 0 Å². The van der Waals surface area contributed by atoms with Crippen LogP contribution in [-0.2, 0) is 34.0 Å². The molecule has 198 valence electrons. The summed E-state index contributed by atoms with van der Waals surface area (Å²) in [7, 11) is 0. The summed E-state index contributed by atoms with van der Waals surface area (Å²) in [6, 6.07) is 30.4. The van der Waals surface area contributed by atoms with Crippen LogP contribution in [0.4, 0.5) is 0 Å². The van der Waals surface area contributed by atoms with Crippen LogP contribution in [0.25, 0.3) is 0 Å². The minimum Gasteiger partial charge on any atom is -0.390 e. The number of hydrogen-bond acceptors (Lipinski definition) is 4. The zero-order valence-electron chi connectivity index (χ0n) is 21.9. The number of rotatable bonds is 15. The average Bonchev–Trinajstić information content (AvgIpc) is 2.96. The van der Waals surface area contributed by atoms with Crippen molar-refractivity contribution in [3.63, 3.8) is 0 Å². The molecule has 0 spiro atoms. The van der Waals surface area contributed by atoms with E-state index in [9.17, 15) is 5.11 Å². The summed E-state index contributed by atoms with van der Waals surface area (Å²) in [6.07, 6.45) is 6.76. The fourth-order valence-corrected chi connectivity index (χ4v) is 5.16. The Labute approximate surface area is 222 Å². The van der Waals surface area contributed by atoms with Gasteiger partial charge in [-0.2, -0.15) is 0 Å². The van der Waals surface area contributed by atoms with Gasteiger partial charge in [0, 0.05) is 0 Å². The van der Waals surface area contributed by atoms with Gasteiger partial charge in [0.05, 0.1) is 32.5 Å². The predicted octanol–water partition coefficient (Wildman–Crippen LogP) is 7.10. The number of hydrogen-bond donors (Lipinski definition) is 1. The lowest BCUT2D eigenvalue weighted by atomic mass is 9.85. The number of aliphatic hydroxyl groups is 1. The minimum atomic E-state index is -0.619. The van der Waals surface area contributed by atoms with Gasteiger partial charge in [-0.1, -0.05) is 123 Å².